The van der Waals surface area contributed by atoms with Crippen LogP contribution in [0.4, 0.5) is 0 Å². The van der Waals surface area contributed by atoms with Crippen molar-refractivity contribution in [2.75, 3.05) is 0 Å². The van der Waals surface area contributed by atoms with Crippen molar-refractivity contribution >= 4 is 27.0 Å². The molecule has 0 bridgehead atoms. The molecule has 1 radical (unpaired) electrons. The molecule has 0 nitrogen and oxygen atoms in total. The Bertz CT molecular complexity index is 4.85. The van der Waals surface area contributed by atoms with E-state index in [4.69, 9.17) is 0 Å². The minimum Gasteiger partial charge on any atom is -2.00 e. The molecule has 0 aromatic rings. The largest absolute Gasteiger partial charge is 2.00 e. The molecule has 0 rings (SSSR count). The van der Waals surface area contributed by atoms with Gasteiger partial charge >= 0.3 is 51.2 Å². The first-order valence-corrected chi connectivity index (χ1v) is 0. The summed E-state index contributed by atoms with van der Waals surface area (Å²) in [5, 5.41) is 0. The summed E-state index contributed by atoms with van der Waals surface area (Å²) in [4.78, 5) is 0. The van der Waals surface area contributed by atoms with Crippen LogP contribution in [0.3, 0.4) is 0 Å². The molecule has 0 aromatic carbocycles. The van der Waals surface area contributed by atoms with E-state index in [1.54, 1.807) is 0 Å². The topological polar surface area (TPSA) is 0 Å². The zero-order chi connectivity index (χ0) is 0. The summed E-state index contributed by atoms with van der Waals surface area (Å²) in [5.74, 6) is 0. The second-order valence-electron chi connectivity index (χ2n) is 0. The van der Waals surface area contributed by atoms with Crippen molar-refractivity contribution in [3.63, 3.8) is 0 Å². The first kappa shape index (κ1) is 55.7. The van der Waals surface area contributed by atoms with Crippen LogP contribution < -0.4 is 0 Å². The maximum Gasteiger partial charge on any atom is 2.00 e. The maximum absolute atomic E-state index is 0. The van der Waals surface area contributed by atoms with Gasteiger partial charge in [-0.15, -0.1) is 0 Å². The van der Waals surface area contributed by atoms with Gasteiger partial charge in [-0.3, -0.25) is 0 Å². The molecule has 0 atom stereocenters. The van der Waals surface area contributed by atoms with E-state index in [1.165, 1.54) is 0 Å². The summed E-state index contributed by atoms with van der Waals surface area (Å²) in [6.07, 6.45) is 0. The van der Waals surface area contributed by atoms with Gasteiger partial charge in [0.25, 0.3) is 0 Å². The Labute approximate surface area is 77.5 Å². The Morgan fingerprint density at radius 1 is 0.600 bits per heavy atom. The van der Waals surface area contributed by atoms with Crippen molar-refractivity contribution in [1.82, 2.24) is 0 Å². The molecular weight excluding hydrogens is 255 g/mol. The molecule has 0 fully saturated rings. The molecule has 0 unspecified atom stereocenters. The van der Waals surface area contributed by atoms with Crippen LogP contribution in [-0.4, -0.2) is 0 Å². The zero-order valence-electron chi connectivity index (χ0n) is 1.72. The van der Waals surface area contributed by atoms with Crippen LogP contribution in [-0.2, 0) is 78.2 Å². The van der Waals surface area contributed by atoms with Gasteiger partial charge in [0, 0.05) is 0 Å². The first-order chi connectivity index (χ1) is 0. The third-order valence-electron chi connectivity index (χ3n) is 0. The summed E-state index contributed by atoms with van der Waals surface area (Å²) in [5.41, 5.74) is 0. The van der Waals surface area contributed by atoms with Gasteiger partial charge in [0.05, 0.1) is 0 Å². The van der Waals surface area contributed by atoms with E-state index >= 15 is 0 Å². The molecule has 0 aliphatic carbocycles. The van der Waals surface area contributed by atoms with Crippen molar-refractivity contribution in [3.05, 3.63) is 0 Å². The number of hydrogen-bond donors (Lipinski definition) is 0. The van der Waals surface area contributed by atoms with Crippen molar-refractivity contribution in [3.8, 4) is 0 Å². The van der Waals surface area contributed by atoms with E-state index in [2.05, 4.69) is 0 Å². The Morgan fingerprint density at radius 2 is 0.600 bits per heavy atom. The minimum absolute atomic E-state index is 0. The summed E-state index contributed by atoms with van der Waals surface area (Å²) in [6.45, 7) is 0. The average molecular weight is 255 g/mol. The molecule has 0 aliphatic rings. The van der Waals surface area contributed by atoms with Crippen molar-refractivity contribution < 1.29 is 51.2 Å². The van der Waals surface area contributed by atoms with Gasteiger partial charge in [-0.05, 0) is 0 Å². The second kappa shape index (κ2) is 33.9. The van der Waals surface area contributed by atoms with Gasteiger partial charge in [-0.1, -0.05) is 0 Å². The Balaban J connectivity index is 0. The van der Waals surface area contributed by atoms with E-state index in [1.807, 2.05) is 0 Å². The molecule has 5 heteroatoms. The Kier molecular flexibility index (Phi) is 378. The molecule has 45 valence electrons. The van der Waals surface area contributed by atoms with Crippen LogP contribution in [0.2, 0.25) is 0 Å². The van der Waals surface area contributed by atoms with Crippen LogP contribution in [0, 0.1) is 0 Å². The summed E-state index contributed by atoms with van der Waals surface area (Å²) >= 11 is 0. The van der Waals surface area contributed by atoms with Crippen LogP contribution in [0.25, 0.3) is 0 Å². The maximum atomic E-state index is 0. The quantitative estimate of drug-likeness (QED) is 0.534. The third kappa shape index (κ3) is 22.3. The van der Waals surface area contributed by atoms with Gasteiger partial charge in [-0.2, -0.15) is 0 Å². The zero-order valence-corrected chi connectivity index (χ0v) is 6.18. The van der Waals surface area contributed by atoms with Gasteiger partial charge in [0.1, 0.15) is 0 Å². The molecule has 0 heterocycles. The van der Waals surface area contributed by atoms with Crippen molar-refractivity contribution in [2.24, 2.45) is 0 Å². The van der Waals surface area contributed by atoms with Gasteiger partial charge in [0.15, 0.2) is 0 Å². The van der Waals surface area contributed by atoms with Crippen LogP contribution >= 0.6 is 0 Å². The van der Waals surface area contributed by atoms with Gasteiger partial charge in [-0.25, -0.2) is 0 Å². The second-order valence-corrected chi connectivity index (χ2v) is 0. The van der Waals surface area contributed by atoms with E-state index in [0.717, 1.165) is 0 Å². The minimum atomic E-state index is 0. The fourth-order valence-electron chi connectivity index (χ4n) is 0. The van der Waals surface area contributed by atoms with Crippen molar-refractivity contribution in [2.45, 2.75) is 0 Å². The van der Waals surface area contributed by atoms with E-state index < -0.39 is 0 Å². The molecular formula is Cu3S2. The van der Waals surface area contributed by atoms with E-state index in [-0.39, 0.29) is 78.2 Å². The molecule has 0 spiro atoms. The fraction of sp³-hybridized carbons (Fsp3) is 0. The Morgan fingerprint density at radius 3 is 0.600 bits per heavy atom. The van der Waals surface area contributed by atoms with Crippen LogP contribution in [0.1, 0.15) is 0 Å². The molecule has 0 amide bonds. The SMILES string of the molecule is [Cu+2].[Cu+].[Cu+].[S-2].[S-2]. The van der Waals surface area contributed by atoms with Crippen LogP contribution in [0.15, 0.2) is 0 Å². The summed E-state index contributed by atoms with van der Waals surface area (Å²) in [7, 11) is 0. The van der Waals surface area contributed by atoms with E-state index in [0.29, 0.717) is 0 Å². The fourth-order valence-corrected chi connectivity index (χ4v) is 0. The number of rotatable bonds is 0. The van der Waals surface area contributed by atoms with Gasteiger partial charge in [0.2, 0.25) is 0 Å². The standard InChI is InChI=1S/3Cu.2S/q2*+1;+2;2*-2. The average Bonchev–Trinajstić information content (AvgIpc) is 0. The molecule has 0 N–H and O–H groups in total. The predicted molar refractivity (Wildman–Crippen MR) is 14.7 cm³/mol. The third-order valence-corrected chi connectivity index (χ3v) is 0. The molecule has 0 saturated heterocycles. The monoisotopic (exact) mass is 253 g/mol. The summed E-state index contributed by atoms with van der Waals surface area (Å²) < 4.78 is 0. The Hall–Kier alpha value is 2.26. The number of hydrogen-bond acceptors (Lipinski definition) is 0. The van der Waals surface area contributed by atoms with Crippen molar-refractivity contribution in [1.29, 1.82) is 0 Å². The molecule has 0 aromatic heterocycles. The molecule has 5 heavy (non-hydrogen) atoms. The van der Waals surface area contributed by atoms with E-state index in [9.17, 15) is 0 Å². The predicted octanol–water partition coefficient (Wildman–Crippen LogP) is -0.0123. The molecule has 0 aliphatic heterocycles. The molecule has 0 saturated carbocycles. The summed E-state index contributed by atoms with van der Waals surface area (Å²) in [6, 6.07) is 0. The smallest absolute Gasteiger partial charge is 2.00 e. The van der Waals surface area contributed by atoms with Crippen LogP contribution in [0.5, 0.6) is 0 Å². The normalized spacial score (nSPS) is 0. The van der Waals surface area contributed by atoms with Gasteiger partial charge < -0.3 is 27.0 Å². The first-order valence-electron chi connectivity index (χ1n) is 0.